The predicted octanol–water partition coefficient (Wildman–Crippen LogP) is 7.22. The second-order valence-electron chi connectivity index (χ2n) is 9.50. The van der Waals surface area contributed by atoms with Crippen LogP contribution in [0.1, 0.15) is 38.3 Å². The Hall–Kier alpha value is -3.44. The van der Waals surface area contributed by atoms with Crippen LogP contribution in [0.3, 0.4) is 0 Å². The first-order valence-electron chi connectivity index (χ1n) is 12.5. The molecule has 1 amide bonds. The van der Waals surface area contributed by atoms with Crippen LogP contribution in [0, 0.1) is 0 Å². The normalized spacial score (nSPS) is 16.3. The Kier molecular flexibility index (Phi) is 5.86. The molecule has 0 bridgehead atoms. The molecule has 6 rings (SSSR count). The molecular weight excluding hydrogens is 450 g/mol. The molecule has 1 aliphatic heterocycles. The lowest BCUT2D eigenvalue weighted by atomic mass is 10.0. The van der Waals surface area contributed by atoms with Crippen molar-refractivity contribution in [2.24, 2.45) is 0 Å². The van der Waals surface area contributed by atoms with Gasteiger partial charge >= 0.3 is 0 Å². The summed E-state index contributed by atoms with van der Waals surface area (Å²) in [6, 6.07) is 25.7. The monoisotopic (exact) mass is 479 g/mol. The van der Waals surface area contributed by atoms with Crippen molar-refractivity contribution in [3.8, 4) is 21.7 Å². The predicted molar refractivity (Wildman–Crippen MR) is 145 cm³/mol. The number of carbonyl (C=O) groups is 1. The lowest BCUT2D eigenvalue weighted by molar-refractivity contribution is -0.134. The fourth-order valence-corrected chi connectivity index (χ4v) is 6.32. The summed E-state index contributed by atoms with van der Waals surface area (Å²) >= 11 is 1.81. The van der Waals surface area contributed by atoms with Crippen LogP contribution in [0.25, 0.3) is 37.4 Å². The summed E-state index contributed by atoms with van der Waals surface area (Å²) in [5.41, 5.74) is 5.26. The molecule has 0 N–H and O–H groups in total. The van der Waals surface area contributed by atoms with E-state index in [1.807, 2.05) is 29.5 Å². The number of hydrogen-bond acceptors (Lipinski definition) is 3. The van der Waals surface area contributed by atoms with Gasteiger partial charge in [0.2, 0.25) is 5.91 Å². The van der Waals surface area contributed by atoms with Crippen LogP contribution in [-0.4, -0.2) is 32.8 Å². The van der Waals surface area contributed by atoms with Crippen molar-refractivity contribution in [1.82, 2.24) is 14.3 Å². The first-order valence-corrected chi connectivity index (χ1v) is 13.3. The number of imidazole rings is 1. The van der Waals surface area contributed by atoms with Crippen molar-refractivity contribution in [1.29, 1.82) is 0 Å². The smallest absolute Gasteiger partial charge is 0.223 e. The Labute approximate surface area is 209 Å². The molecule has 0 spiro atoms. The molecule has 1 fully saturated rings. The number of likely N-dealkylation sites (tertiary alicyclic amines) is 1. The van der Waals surface area contributed by atoms with Crippen LogP contribution in [0.4, 0.5) is 0 Å². The van der Waals surface area contributed by atoms with Gasteiger partial charge in [-0.05, 0) is 62.3 Å². The summed E-state index contributed by atoms with van der Waals surface area (Å²) < 4.78 is 3.49. The summed E-state index contributed by atoms with van der Waals surface area (Å²) in [5.74, 6) is 0.256. The summed E-state index contributed by atoms with van der Waals surface area (Å²) in [7, 11) is 0. The minimum atomic E-state index is 0.256. The number of pyridine rings is 1. The molecule has 35 heavy (non-hydrogen) atoms. The van der Waals surface area contributed by atoms with Crippen LogP contribution >= 0.6 is 11.3 Å². The Morgan fingerprint density at radius 3 is 2.66 bits per heavy atom. The average Bonchev–Trinajstić information content (AvgIpc) is 3.49. The number of benzene rings is 2. The zero-order valence-electron chi connectivity index (χ0n) is 20.0. The highest BCUT2D eigenvalue weighted by molar-refractivity contribution is 7.22. The number of nitrogens with zero attached hydrogens (tertiary/aromatic N) is 3. The number of amides is 1. The highest BCUT2D eigenvalue weighted by Gasteiger charge is 2.24. The van der Waals surface area contributed by atoms with Gasteiger partial charge in [0.15, 0.2) is 0 Å². The van der Waals surface area contributed by atoms with E-state index in [1.165, 1.54) is 26.9 Å². The van der Waals surface area contributed by atoms with Gasteiger partial charge in [0.25, 0.3) is 0 Å². The Bertz CT molecular complexity index is 1470. The third-order valence-corrected chi connectivity index (χ3v) is 8.34. The number of aromatic nitrogens is 2. The van der Waals surface area contributed by atoms with Crippen molar-refractivity contribution in [2.45, 2.75) is 45.1 Å². The zero-order chi connectivity index (χ0) is 23.8. The molecule has 1 saturated heterocycles. The van der Waals surface area contributed by atoms with E-state index >= 15 is 0 Å². The molecule has 0 saturated carbocycles. The van der Waals surface area contributed by atoms with Gasteiger partial charge in [-0.15, -0.1) is 11.3 Å². The van der Waals surface area contributed by atoms with Gasteiger partial charge in [0, 0.05) is 45.9 Å². The minimum Gasteiger partial charge on any atom is -0.340 e. The fourth-order valence-electron chi connectivity index (χ4n) is 5.27. The van der Waals surface area contributed by atoms with Crippen LogP contribution < -0.4 is 0 Å². The molecule has 4 nitrogen and oxygen atoms in total. The molecule has 3 aromatic heterocycles. The Morgan fingerprint density at radius 1 is 1.00 bits per heavy atom. The van der Waals surface area contributed by atoms with Crippen LogP contribution in [-0.2, 0) is 11.2 Å². The number of aryl methyl sites for hydroxylation is 1. The summed E-state index contributed by atoms with van der Waals surface area (Å²) in [4.78, 5) is 21.5. The topological polar surface area (TPSA) is 37.6 Å². The molecule has 0 radical (unpaired) electrons. The lowest BCUT2D eigenvalue weighted by Gasteiger charge is -2.33. The molecule has 1 aliphatic rings. The number of hydrogen-bond donors (Lipinski definition) is 0. The second kappa shape index (κ2) is 9.31. The summed E-state index contributed by atoms with van der Waals surface area (Å²) in [5, 5.41) is 1.27. The lowest BCUT2D eigenvalue weighted by Crippen LogP contribution is -2.42. The fraction of sp³-hybridized carbons (Fsp3) is 0.267. The van der Waals surface area contributed by atoms with Crippen molar-refractivity contribution >= 4 is 33.0 Å². The standard InChI is InChI=1S/C30H29N3OS/c1-21-9-7-8-18-32(21)29(34)17-15-25-30(22-10-3-2-4-11-22)31-28-16-14-24(20-33(25)28)27-19-23-12-5-6-13-26(23)35-27/h2-6,10-14,16,19-21H,7-9,15,17-18H2,1H3/t21-/m1/s1. The van der Waals surface area contributed by atoms with E-state index in [1.54, 1.807) is 0 Å². The zero-order valence-corrected chi connectivity index (χ0v) is 20.8. The SMILES string of the molecule is C[C@@H]1CCCCN1C(=O)CCc1c(-c2ccccc2)nc2ccc(-c3cc4ccccc4s3)cn12. The van der Waals surface area contributed by atoms with E-state index in [-0.39, 0.29) is 5.91 Å². The van der Waals surface area contributed by atoms with E-state index in [0.717, 1.165) is 42.0 Å². The largest absolute Gasteiger partial charge is 0.340 e. The number of fused-ring (bicyclic) bond motifs is 2. The molecule has 176 valence electrons. The molecule has 0 unspecified atom stereocenters. The van der Waals surface area contributed by atoms with Crippen LogP contribution in [0.15, 0.2) is 79.0 Å². The van der Waals surface area contributed by atoms with E-state index in [4.69, 9.17) is 4.98 Å². The van der Waals surface area contributed by atoms with Gasteiger partial charge in [0.05, 0.1) is 11.4 Å². The number of rotatable bonds is 5. The van der Waals surface area contributed by atoms with Crippen molar-refractivity contribution < 1.29 is 4.79 Å². The number of carbonyl (C=O) groups excluding carboxylic acids is 1. The molecule has 0 aliphatic carbocycles. The Balaban J connectivity index is 1.39. The van der Waals surface area contributed by atoms with E-state index in [0.29, 0.717) is 18.9 Å². The molecule has 5 aromatic rings. The van der Waals surface area contributed by atoms with Gasteiger partial charge in [-0.2, -0.15) is 0 Å². The highest BCUT2D eigenvalue weighted by atomic mass is 32.1. The van der Waals surface area contributed by atoms with Gasteiger partial charge in [0.1, 0.15) is 5.65 Å². The number of piperidine rings is 1. The maximum Gasteiger partial charge on any atom is 0.223 e. The van der Waals surface area contributed by atoms with Crippen molar-refractivity contribution in [2.75, 3.05) is 6.54 Å². The third-order valence-electron chi connectivity index (χ3n) is 7.17. The molecule has 4 heterocycles. The Morgan fingerprint density at radius 2 is 1.83 bits per heavy atom. The summed E-state index contributed by atoms with van der Waals surface area (Å²) in [6.07, 6.45) is 6.81. The highest BCUT2D eigenvalue weighted by Crippen LogP contribution is 2.35. The second-order valence-corrected chi connectivity index (χ2v) is 10.6. The van der Waals surface area contributed by atoms with Crippen LogP contribution in [0.5, 0.6) is 0 Å². The van der Waals surface area contributed by atoms with Crippen molar-refractivity contribution in [3.63, 3.8) is 0 Å². The van der Waals surface area contributed by atoms with Gasteiger partial charge in [-0.25, -0.2) is 4.98 Å². The van der Waals surface area contributed by atoms with Crippen LogP contribution in [0.2, 0.25) is 0 Å². The maximum absolute atomic E-state index is 13.2. The minimum absolute atomic E-state index is 0.256. The third kappa shape index (κ3) is 4.25. The van der Waals surface area contributed by atoms with Gasteiger partial charge in [-0.1, -0.05) is 48.5 Å². The van der Waals surface area contributed by atoms with E-state index in [9.17, 15) is 4.79 Å². The van der Waals surface area contributed by atoms with E-state index < -0.39 is 0 Å². The first-order chi connectivity index (χ1) is 17.2. The van der Waals surface area contributed by atoms with Gasteiger partial charge in [-0.3, -0.25) is 4.79 Å². The molecular formula is C30H29N3OS. The first kappa shape index (κ1) is 22.1. The average molecular weight is 480 g/mol. The maximum atomic E-state index is 13.2. The van der Waals surface area contributed by atoms with Gasteiger partial charge < -0.3 is 9.30 Å². The van der Waals surface area contributed by atoms with E-state index in [2.05, 4.69) is 77.0 Å². The molecule has 1 atom stereocenters. The quantitative estimate of drug-likeness (QED) is 0.267. The number of thiophene rings is 1. The van der Waals surface area contributed by atoms with Crippen molar-refractivity contribution in [3.05, 3.63) is 84.7 Å². The molecule has 5 heteroatoms. The summed E-state index contributed by atoms with van der Waals surface area (Å²) in [6.45, 7) is 3.06. The molecule has 2 aromatic carbocycles.